The summed E-state index contributed by atoms with van der Waals surface area (Å²) in [4.78, 5) is 15.6. The molecule has 1 saturated heterocycles. The van der Waals surface area contributed by atoms with Crippen molar-refractivity contribution in [3.63, 3.8) is 0 Å². The Labute approximate surface area is 182 Å². The molecule has 0 unspecified atom stereocenters. The summed E-state index contributed by atoms with van der Waals surface area (Å²) in [6.45, 7) is 5.62. The summed E-state index contributed by atoms with van der Waals surface area (Å²) in [6, 6.07) is 18.4. The molecule has 150 valence electrons. The quantitative estimate of drug-likeness (QED) is 0.651. The Kier molecular flexibility index (Phi) is 4.72. The van der Waals surface area contributed by atoms with Crippen molar-refractivity contribution in [1.82, 2.24) is 4.90 Å². The summed E-state index contributed by atoms with van der Waals surface area (Å²) < 4.78 is 0. The van der Waals surface area contributed by atoms with E-state index in [-0.39, 0.29) is 5.78 Å². The highest BCUT2D eigenvalue weighted by Crippen LogP contribution is 2.60. The first-order valence-corrected chi connectivity index (χ1v) is 10.3. The molecule has 0 bridgehead atoms. The summed E-state index contributed by atoms with van der Waals surface area (Å²) >= 11 is 6.28. The van der Waals surface area contributed by atoms with Gasteiger partial charge in [0.1, 0.15) is 0 Å². The number of Topliss-reactive ketones (excluding diaryl/α,β-unsaturated/α-hetero) is 1. The minimum Gasteiger partial charge on any atom is -0.357 e. The van der Waals surface area contributed by atoms with Crippen LogP contribution in [-0.2, 0) is 4.79 Å². The maximum absolute atomic E-state index is 13.7. The number of carbonyl (C=O) groups excluding carboxylic acids is 1. The molecule has 0 saturated carbocycles. The largest absolute Gasteiger partial charge is 0.357 e. The lowest BCUT2D eigenvalue weighted by Crippen LogP contribution is -2.43. The normalized spacial score (nSPS) is 23.8. The molecule has 0 aromatic heterocycles. The molecule has 0 amide bonds. The number of rotatable bonds is 2. The van der Waals surface area contributed by atoms with Crippen LogP contribution >= 0.6 is 11.6 Å². The third-order valence-electron chi connectivity index (χ3n) is 6.16. The van der Waals surface area contributed by atoms with E-state index in [1.54, 1.807) is 18.2 Å². The molecule has 2 aliphatic rings. The van der Waals surface area contributed by atoms with E-state index in [1.807, 2.05) is 68.3 Å². The van der Waals surface area contributed by atoms with Crippen molar-refractivity contribution < 1.29 is 4.79 Å². The summed E-state index contributed by atoms with van der Waals surface area (Å²) in [5, 5.41) is 21.3. The van der Waals surface area contributed by atoms with Gasteiger partial charge in [-0.2, -0.15) is 10.5 Å². The second-order valence-corrected chi connectivity index (χ2v) is 9.42. The van der Waals surface area contributed by atoms with Gasteiger partial charge in [-0.15, -0.1) is 0 Å². The van der Waals surface area contributed by atoms with E-state index in [0.717, 1.165) is 16.7 Å². The zero-order chi connectivity index (χ0) is 21.7. The topological polar surface area (TPSA) is 67.9 Å². The minimum absolute atomic E-state index is 0.00567. The lowest BCUT2D eigenvalue weighted by atomic mass is 9.66. The number of nitrogens with zero attached hydrogens (tertiary/aromatic N) is 3. The van der Waals surface area contributed by atoms with Gasteiger partial charge in [0.15, 0.2) is 11.2 Å². The van der Waals surface area contributed by atoms with E-state index in [9.17, 15) is 15.3 Å². The predicted octanol–water partition coefficient (Wildman–Crippen LogP) is 5.48. The molecule has 2 aromatic carbocycles. The number of benzene rings is 2. The molecule has 5 heteroatoms. The molecule has 0 spiro atoms. The second kappa shape index (κ2) is 7.01. The predicted molar refractivity (Wildman–Crippen MR) is 116 cm³/mol. The molecule has 0 aliphatic carbocycles. The first kappa shape index (κ1) is 20.2. The molecule has 3 atom stereocenters. The summed E-state index contributed by atoms with van der Waals surface area (Å²) in [7, 11) is 0. The zero-order valence-corrected chi connectivity index (χ0v) is 17.9. The molecule has 0 N–H and O–H groups in total. The van der Waals surface area contributed by atoms with Crippen molar-refractivity contribution in [2.24, 2.45) is 10.8 Å². The maximum atomic E-state index is 13.7. The average Bonchev–Trinajstić information content (AvgIpc) is 3.03. The monoisotopic (exact) mass is 415 g/mol. The van der Waals surface area contributed by atoms with E-state index in [0.29, 0.717) is 5.02 Å². The number of fused-ring (bicyclic) bond motifs is 3. The number of halogens is 1. The molecule has 1 fully saturated rings. The Morgan fingerprint density at radius 1 is 1.10 bits per heavy atom. The van der Waals surface area contributed by atoms with Crippen molar-refractivity contribution in [3.8, 4) is 12.1 Å². The van der Waals surface area contributed by atoms with Crippen molar-refractivity contribution in [2.75, 3.05) is 0 Å². The molecule has 4 nitrogen and oxygen atoms in total. The first-order valence-electron chi connectivity index (χ1n) is 9.91. The lowest BCUT2D eigenvalue weighted by Gasteiger charge is -2.36. The smallest absolute Gasteiger partial charge is 0.177 e. The van der Waals surface area contributed by atoms with Crippen LogP contribution in [0.15, 0.2) is 54.7 Å². The van der Waals surface area contributed by atoms with Gasteiger partial charge in [-0.05, 0) is 34.9 Å². The van der Waals surface area contributed by atoms with Crippen LogP contribution in [0.3, 0.4) is 0 Å². The highest BCUT2D eigenvalue weighted by Gasteiger charge is 2.64. The van der Waals surface area contributed by atoms with Crippen LogP contribution < -0.4 is 0 Å². The summed E-state index contributed by atoms with van der Waals surface area (Å²) in [6.07, 6.45) is 3.82. The van der Waals surface area contributed by atoms with Crippen LogP contribution in [-0.4, -0.2) is 16.7 Å². The first-order chi connectivity index (χ1) is 14.2. The van der Waals surface area contributed by atoms with Crippen LogP contribution in [0.4, 0.5) is 0 Å². The van der Waals surface area contributed by atoms with Crippen molar-refractivity contribution in [3.05, 3.63) is 76.4 Å². The standard InChI is InChI=1S/C25H22ClN3O/c1-24(2,3)23(30)21-20(17-8-6-9-18(26)13-17)25(14-27,15-28)22-19-10-5-4-7-16(19)11-12-29(21)22/h4-13,20-22H,1-3H3/t20-,21+,22-/m1/s1. The van der Waals surface area contributed by atoms with Crippen LogP contribution in [0, 0.1) is 33.5 Å². The van der Waals surface area contributed by atoms with Crippen LogP contribution in [0.1, 0.15) is 49.4 Å². The number of ketones is 1. The summed E-state index contributed by atoms with van der Waals surface area (Å²) in [5.74, 6) is -0.646. The molecule has 30 heavy (non-hydrogen) atoms. The van der Waals surface area contributed by atoms with E-state index in [1.165, 1.54) is 0 Å². The van der Waals surface area contributed by atoms with Crippen molar-refractivity contribution in [1.29, 1.82) is 10.5 Å². The minimum atomic E-state index is -1.45. The Bertz CT molecular complexity index is 1120. The highest BCUT2D eigenvalue weighted by atomic mass is 35.5. The molecule has 4 rings (SSSR count). The van der Waals surface area contributed by atoms with Gasteiger partial charge in [0.2, 0.25) is 0 Å². The number of carbonyl (C=O) groups is 1. The number of hydrogen-bond donors (Lipinski definition) is 0. The fraction of sp³-hybridized carbons (Fsp3) is 0.320. The molecular weight excluding hydrogens is 394 g/mol. The van der Waals surface area contributed by atoms with Crippen LogP contribution in [0.25, 0.3) is 6.08 Å². The van der Waals surface area contributed by atoms with E-state index < -0.39 is 28.8 Å². The Morgan fingerprint density at radius 3 is 2.43 bits per heavy atom. The molecule has 2 aliphatic heterocycles. The fourth-order valence-electron chi connectivity index (χ4n) is 4.81. The summed E-state index contributed by atoms with van der Waals surface area (Å²) in [5.41, 5.74) is 0.491. The van der Waals surface area contributed by atoms with Gasteiger partial charge in [-0.25, -0.2) is 0 Å². The van der Waals surface area contributed by atoms with E-state index >= 15 is 0 Å². The van der Waals surface area contributed by atoms with Crippen molar-refractivity contribution in [2.45, 2.75) is 38.8 Å². The number of nitriles is 2. The van der Waals surface area contributed by atoms with Gasteiger partial charge in [0.05, 0.1) is 24.2 Å². The van der Waals surface area contributed by atoms with Crippen LogP contribution in [0.2, 0.25) is 5.02 Å². The molecule has 2 heterocycles. The van der Waals surface area contributed by atoms with Gasteiger partial charge in [-0.3, -0.25) is 4.79 Å². The van der Waals surface area contributed by atoms with Gasteiger partial charge in [0.25, 0.3) is 0 Å². The lowest BCUT2D eigenvalue weighted by molar-refractivity contribution is -0.130. The molecule has 2 aromatic rings. The third kappa shape index (κ3) is 2.83. The number of hydrogen-bond acceptors (Lipinski definition) is 4. The van der Waals surface area contributed by atoms with E-state index in [4.69, 9.17) is 11.6 Å². The van der Waals surface area contributed by atoms with Crippen LogP contribution in [0.5, 0.6) is 0 Å². The maximum Gasteiger partial charge on any atom is 0.177 e. The Balaban J connectivity index is 2.03. The van der Waals surface area contributed by atoms with Gasteiger partial charge >= 0.3 is 0 Å². The fourth-order valence-corrected chi connectivity index (χ4v) is 5.01. The third-order valence-corrected chi connectivity index (χ3v) is 6.39. The molecule has 0 radical (unpaired) electrons. The molecular formula is C25H22ClN3O. The zero-order valence-electron chi connectivity index (χ0n) is 17.1. The average molecular weight is 416 g/mol. The SMILES string of the molecule is CC(C)(C)C(=O)[C@@H]1[C@@H](c2cccc(Cl)c2)C(C#N)(C#N)[C@H]2c3ccccc3C=CN12. The Hall–Kier alpha value is -3.08. The Morgan fingerprint density at radius 2 is 1.80 bits per heavy atom. The van der Waals surface area contributed by atoms with E-state index in [2.05, 4.69) is 12.1 Å². The van der Waals surface area contributed by atoms with Gasteiger partial charge in [0, 0.05) is 22.6 Å². The van der Waals surface area contributed by atoms with Gasteiger partial charge in [-0.1, -0.05) is 68.8 Å². The highest BCUT2D eigenvalue weighted by molar-refractivity contribution is 6.30. The van der Waals surface area contributed by atoms with Crippen molar-refractivity contribution >= 4 is 23.5 Å². The van der Waals surface area contributed by atoms with Gasteiger partial charge < -0.3 is 4.90 Å². The second-order valence-electron chi connectivity index (χ2n) is 8.98.